The van der Waals surface area contributed by atoms with Gasteiger partial charge in [0.15, 0.2) is 0 Å². The van der Waals surface area contributed by atoms with Crippen LogP contribution in [-0.2, 0) is 24.3 Å². The first-order chi connectivity index (χ1) is 15.6. The second kappa shape index (κ2) is 10.0. The molecule has 0 aliphatic heterocycles. The van der Waals surface area contributed by atoms with Crippen LogP contribution in [-0.4, -0.2) is 15.7 Å². The monoisotopic (exact) mass is 431 g/mol. The van der Waals surface area contributed by atoms with Crippen molar-refractivity contribution in [3.8, 4) is 11.1 Å². The Morgan fingerprint density at radius 2 is 1.75 bits per heavy atom. The van der Waals surface area contributed by atoms with Crippen molar-refractivity contribution in [2.75, 3.05) is 0 Å². The molecule has 32 heavy (non-hydrogen) atoms. The van der Waals surface area contributed by atoms with Gasteiger partial charge in [0, 0.05) is 25.4 Å². The molecule has 0 unspecified atom stereocenters. The summed E-state index contributed by atoms with van der Waals surface area (Å²) in [6, 6.07) is 21.3. The maximum Gasteiger partial charge on any atom is 0.220 e. The van der Waals surface area contributed by atoms with Crippen LogP contribution in [0.5, 0.6) is 0 Å². The van der Waals surface area contributed by atoms with Crippen molar-refractivity contribution in [1.29, 1.82) is 0 Å². The molecule has 4 rings (SSSR count). The molecule has 4 aromatic rings. The number of amides is 1. The minimum absolute atomic E-state index is 0.0880. The Balaban J connectivity index is 1.38. The highest BCUT2D eigenvalue weighted by molar-refractivity contribution is 5.77. The summed E-state index contributed by atoms with van der Waals surface area (Å²) in [5, 5.41) is 7.12. The van der Waals surface area contributed by atoms with Crippen LogP contribution in [0.1, 0.15) is 23.1 Å². The van der Waals surface area contributed by atoms with Gasteiger partial charge in [-0.25, -0.2) is 8.78 Å². The molecule has 1 heterocycles. The maximum absolute atomic E-state index is 13.7. The fourth-order valence-corrected chi connectivity index (χ4v) is 3.59. The number of carbonyl (C=O) groups excluding carboxylic acids is 1. The number of aryl methyl sites for hydroxylation is 1. The second-order valence-corrected chi connectivity index (χ2v) is 7.57. The maximum atomic E-state index is 13.7. The highest BCUT2D eigenvalue weighted by Crippen LogP contribution is 2.24. The van der Waals surface area contributed by atoms with E-state index in [9.17, 15) is 13.6 Å². The van der Waals surface area contributed by atoms with E-state index in [0.717, 1.165) is 40.5 Å². The van der Waals surface area contributed by atoms with Gasteiger partial charge >= 0.3 is 0 Å². The molecular formula is C26H23F2N3O. The highest BCUT2D eigenvalue weighted by atomic mass is 19.1. The van der Waals surface area contributed by atoms with E-state index in [2.05, 4.69) is 34.7 Å². The fourth-order valence-electron chi connectivity index (χ4n) is 3.59. The third kappa shape index (κ3) is 5.46. The van der Waals surface area contributed by atoms with Crippen molar-refractivity contribution in [1.82, 2.24) is 15.1 Å². The molecule has 1 aromatic heterocycles. The third-order valence-electron chi connectivity index (χ3n) is 5.29. The number of nitrogens with zero attached hydrogens (tertiary/aromatic N) is 2. The molecule has 0 saturated carbocycles. The van der Waals surface area contributed by atoms with Gasteiger partial charge in [0.1, 0.15) is 11.6 Å². The van der Waals surface area contributed by atoms with Gasteiger partial charge in [-0.3, -0.25) is 9.48 Å². The number of hydrogen-bond acceptors (Lipinski definition) is 2. The number of aromatic nitrogens is 2. The Kier molecular flexibility index (Phi) is 6.70. The Bertz CT molecular complexity index is 1190. The number of nitrogens with one attached hydrogen (secondary N) is 1. The third-order valence-corrected chi connectivity index (χ3v) is 5.29. The van der Waals surface area contributed by atoms with Crippen molar-refractivity contribution in [2.24, 2.45) is 0 Å². The van der Waals surface area contributed by atoms with Crippen molar-refractivity contribution >= 4 is 5.91 Å². The lowest BCUT2D eigenvalue weighted by Gasteiger charge is -2.12. The van der Waals surface area contributed by atoms with E-state index in [1.54, 1.807) is 6.20 Å². The van der Waals surface area contributed by atoms with Crippen molar-refractivity contribution in [2.45, 2.75) is 25.9 Å². The van der Waals surface area contributed by atoms with Crippen LogP contribution < -0.4 is 5.32 Å². The molecular weight excluding hydrogens is 408 g/mol. The molecule has 0 atom stereocenters. The Morgan fingerprint density at radius 1 is 0.938 bits per heavy atom. The SMILES string of the molecule is O=C(CCc1cc(F)ccc1F)NCc1ccccc1-c1ccc(Cn2cccn2)cc1. The molecule has 0 spiro atoms. The first kappa shape index (κ1) is 21.4. The van der Waals surface area contributed by atoms with Crippen LogP contribution >= 0.6 is 0 Å². The highest BCUT2D eigenvalue weighted by Gasteiger charge is 2.10. The smallest absolute Gasteiger partial charge is 0.220 e. The molecule has 0 aliphatic carbocycles. The summed E-state index contributed by atoms with van der Waals surface area (Å²) in [5.41, 5.74) is 4.43. The first-order valence-electron chi connectivity index (χ1n) is 10.4. The molecule has 4 nitrogen and oxygen atoms in total. The zero-order valence-electron chi connectivity index (χ0n) is 17.5. The zero-order chi connectivity index (χ0) is 22.3. The molecule has 0 fully saturated rings. The molecule has 1 N–H and O–H groups in total. The summed E-state index contributed by atoms with van der Waals surface area (Å²) in [5.74, 6) is -1.22. The van der Waals surface area contributed by atoms with Gasteiger partial charge in [0.25, 0.3) is 0 Å². The van der Waals surface area contributed by atoms with E-state index in [-0.39, 0.29) is 24.3 Å². The van der Waals surface area contributed by atoms with Gasteiger partial charge in [-0.2, -0.15) is 5.10 Å². The van der Waals surface area contributed by atoms with Gasteiger partial charge in [-0.05, 0) is 58.5 Å². The van der Waals surface area contributed by atoms with Crippen LogP contribution in [0.4, 0.5) is 8.78 Å². The number of halogens is 2. The number of rotatable bonds is 8. The molecule has 162 valence electrons. The average Bonchev–Trinajstić information content (AvgIpc) is 3.32. The Labute approximate surface area is 185 Å². The van der Waals surface area contributed by atoms with Gasteiger partial charge in [-0.1, -0.05) is 48.5 Å². The number of carbonyl (C=O) groups is 1. The van der Waals surface area contributed by atoms with Crippen molar-refractivity contribution in [3.05, 3.63) is 114 Å². The zero-order valence-corrected chi connectivity index (χ0v) is 17.5. The van der Waals surface area contributed by atoms with Gasteiger partial charge in [-0.15, -0.1) is 0 Å². The Morgan fingerprint density at radius 3 is 2.53 bits per heavy atom. The topological polar surface area (TPSA) is 46.9 Å². The molecule has 0 saturated heterocycles. The lowest BCUT2D eigenvalue weighted by Crippen LogP contribution is -2.23. The van der Waals surface area contributed by atoms with E-state index in [4.69, 9.17) is 0 Å². The van der Waals surface area contributed by atoms with Gasteiger partial charge in [0.2, 0.25) is 5.91 Å². The molecule has 0 aliphatic rings. The summed E-state index contributed by atoms with van der Waals surface area (Å²) in [4.78, 5) is 12.3. The van der Waals surface area contributed by atoms with Crippen LogP contribution in [0.3, 0.4) is 0 Å². The predicted octanol–water partition coefficient (Wildman–Crippen LogP) is 5.13. The van der Waals surface area contributed by atoms with Crippen LogP contribution in [0, 0.1) is 11.6 Å². The fraction of sp³-hybridized carbons (Fsp3) is 0.154. The van der Waals surface area contributed by atoms with Gasteiger partial charge < -0.3 is 5.32 Å². The van der Waals surface area contributed by atoms with Crippen molar-refractivity contribution < 1.29 is 13.6 Å². The number of hydrogen-bond donors (Lipinski definition) is 1. The quantitative estimate of drug-likeness (QED) is 0.421. The van der Waals surface area contributed by atoms with E-state index in [0.29, 0.717) is 13.1 Å². The molecule has 0 bridgehead atoms. The van der Waals surface area contributed by atoms with E-state index in [1.807, 2.05) is 41.2 Å². The van der Waals surface area contributed by atoms with Crippen LogP contribution in [0.15, 0.2) is 85.2 Å². The standard InChI is InChI=1S/C26H23F2N3O/c27-23-11-12-25(28)21(16-23)10-13-26(32)29-17-22-4-1-2-5-24(22)20-8-6-19(7-9-20)18-31-15-3-14-30-31/h1-9,11-12,14-16H,10,13,17-18H2,(H,29,32). The summed E-state index contributed by atoms with van der Waals surface area (Å²) in [7, 11) is 0. The van der Waals surface area contributed by atoms with Crippen molar-refractivity contribution in [3.63, 3.8) is 0 Å². The summed E-state index contributed by atoms with van der Waals surface area (Å²) >= 11 is 0. The predicted molar refractivity (Wildman–Crippen MR) is 120 cm³/mol. The summed E-state index contributed by atoms with van der Waals surface area (Å²) < 4.78 is 28.9. The second-order valence-electron chi connectivity index (χ2n) is 7.57. The van der Waals surface area contributed by atoms with E-state index in [1.165, 1.54) is 0 Å². The summed E-state index contributed by atoms with van der Waals surface area (Å²) in [6.45, 7) is 1.06. The van der Waals surface area contributed by atoms with E-state index < -0.39 is 11.6 Å². The average molecular weight is 431 g/mol. The van der Waals surface area contributed by atoms with E-state index >= 15 is 0 Å². The normalized spacial score (nSPS) is 10.8. The molecule has 6 heteroatoms. The minimum atomic E-state index is -0.508. The molecule has 1 amide bonds. The molecule has 3 aromatic carbocycles. The van der Waals surface area contributed by atoms with Crippen LogP contribution in [0.25, 0.3) is 11.1 Å². The first-order valence-corrected chi connectivity index (χ1v) is 10.4. The minimum Gasteiger partial charge on any atom is -0.352 e. The van der Waals surface area contributed by atoms with Gasteiger partial charge in [0.05, 0.1) is 6.54 Å². The molecule has 0 radical (unpaired) electrons. The lowest BCUT2D eigenvalue weighted by atomic mass is 9.98. The lowest BCUT2D eigenvalue weighted by molar-refractivity contribution is -0.121. The number of benzene rings is 3. The van der Waals surface area contributed by atoms with Crippen LogP contribution in [0.2, 0.25) is 0 Å². The summed E-state index contributed by atoms with van der Waals surface area (Å²) in [6.07, 6.45) is 3.92. The Hall–Kier alpha value is -3.80. The largest absolute Gasteiger partial charge is 0.352 e.